The number of aromatic nitrogens is 1. The molecule has 0 spiro atoms. The molecule has 3 rings (SSSR count). The van der Waals surface area contributed by atoms with Gasteiger partial charge in [0.15, 0.2) is 5.13 Å². The van der Waals surface area contributed by atoms with Gasteiger partial charge in [-0.2, -0.15) is 0 Å². The van der Waals surface area contributed by atoms with Gasteiger partial charge in [-0.15, -0.1) is 11.3 Å². The molecule has 0 aliphatic carbocycles. The maximum Gasteiger partial charge on any atom is 0.182 e. The summed E-state index contributed by atoms with van der Waals surface area (Å²) < 4.78 is 0. The molecule has 0 saturated carbocycles. The first-order valence-electron chi connectivity index (χ1n) is 6.82. The maximum absolute atomic E-state index is 4.27. The summed E-state index contributed by atoms with van der Waals surface area (Å²) in [5.41, 5.74) is 1.09. The van der Waals surface area contributed by atoms with E-state index in [2.05, 4.69) is 27.0 Å². The Labute approximate surface area is 123 Å². The van der Waals surface area contributed by atoms with E-state index in [0.717, 1.165) is 36.8 Å². The minimum atomic E-state index is 0.500. The lowest BCUT2D eigenvalue weighted by Crippen LogP contribution is -2.26. The quantitative estimate of drug-likeness (QED) is 0.878. The summed E-state index contributed by atoms with van der Waals surface area (Å²) in [5, 5.41) is 6.50. The van der Waals surface area contributed by atoms with Crippen LogP contribution in [0.15, 0.2) is 41.9 Å². The van der Waals surface area contributed by atoms with E-state index >= 15 is 0 Å². The monoisotopic (exact) mass is 283 g/mol. The van der Waals surface area contributed by atoms with Crippen LogP contribution in [0.1, 0.15) is 12.0 Å². The highest BCUT2D eigenvalue weighted by Gasteiger charge is 2.21. The van der Waals surface area contributed by atoms with E-state index in [1.807, 2.05) is 41.9 Å². The summed E-state index contributed by atoms with van der Waals surface area (Å²) in [4.78, 5) is 6.66. The predicted molar refractivity (Wildman–Crippen MR) is 83.9 cm³/mol. The van der Waals surface area contributed by atoms with Crippen LogP contribution in [0.3, 0.4) is 0 Å². The first-order valence-corrected chi connectivity index (χ1v) is 7.70. The Balaban J connectivity index is 1.47. The van der Waals surface area contributed by atoms with Crippen LogP contribution in [-0.2, 0) is 0 Å². The lowest BCUT2D eigenvalue weighted by atomic mass is 10.2. The Morgan fingerprint density at radius 2 is 2.25 bits per heavy atom. The Morgan fingerprint density at radius 3 is 3.05 bits per heavy atom. The summed E-state index contributed by atoms with van der Waals surface area (Å²) in [6.07, 6.45) is 3.00. The smallest absolute Gasteiger partial charge is 0.182 e. The van der Waals surface area contributed by atoms with Crippen molar-refractivity contribution in [2.45, 2.75) is 12.5 Å². The molecule has 1 N–H and O–H groups in total. The van der Waals surface area contributed by atoms with Crippen LogP contribution in [0.5, 0.6) is 0 Å². The first-order chi connectivity index (χ1) is 9.90. The van der Waals surface area contributed by atoms with Crippen LogP contribution in [0.4, 0.5) is 5.13 Å². The molecule has 0 amide bonds. The van der Waals surface area contributed by atoms with Gasteiger partial charge in [-0.25, -0.2) is 4.98 Å². The third-order valence-corrected chi connectivity index (χ3v) is 4.05. The second kappa shape index (κ2) is 6.56. The van der Waals surface area contributed by atoms with Crippen molar-refractivity contribution in [1.29, 1.82) is 0 Å². The maximum atomic E-state index is 4.27. The highest BCUT2D eigenvalue weighted by Crippen LogP contribution is 2.17. The van der Waals surface area contributed by atoms with Gasteiger partial charge in [-0.05, 0) is 18.6 Å². The fourth-order valence-electron chi connectivity index (χ4n) is 2.34. The Kier molecular flexibility index (Phi) is 4.32. The van der Waals surface area contributed by atoms with E-state index in [9.17, 15) is 0 Å². The highest BCUT2D eigenvalue weighted by atomic mass is 32.1. The molecule has 1 aromatic carbocycles. The molecule has 1 aliphatic heterocycles. The molecular formula is C16H17N3S. The zero-order valence-electron chi connectivity index (χ0n) is 11.2. The van der Waals surface area contributed by atoms with Gasteiger partial charge >= 0.3 is 0 Å². The van der Waals surface area contributed by atoms with Crippen molar-refractivity contribution in [2.24, 2.45) is 0 Å². The highest BCUT2D eigenvalue weighted by molar-refractivity contribution is 7.13. The average molecular weight is 283 g/mol. The molecule has 1 atom stereocenters. The first kappa shape index (κ1) is 13.2. The van der Waals surface area contributed by atoms with Crippen molar-refractivity contribution >= 4 is 16.5 Å². The van der Waals surface area contributed by atoms with Gasteiger partial charge in [0.05, 0.1) is 6.54 Å². The molecule has 1 aliphatic rings. The Morgan fingerprint density at radius 1 is 1.35 bits per heavy atom. The standard InChI is InChI=1S/C16H17N3S/c1-2-5-14(6-3-1)7-4-10-19-11-8-15(13-19)18-16-17-9-12-20-16/h1-3,5-6,9,12,15H,8,10-11,13H2,(H,17,18). The van der Waals surface area contributed by atoms with Gasteiger partial charge in [0, 0.05) is 36.3 Å². The molecule has 3 nitrogen and oxygen atoms in total. The zero-order valence-corrected chi connectivity index (χ0v) is 12.1. The van der Waals surface area contributed by atoms with Gasteiger partial charge in [-0.3, -0.25) is 4.90 Å². The van der Waals surface area contributed by atoms with Crippen LogP contribution < -0.4 is 5.32 Å². The van der Waals surface area contributed by atoms with Crippen LogP contribution in [0.25, 0.3) is 0 Å². The van der Waals surface area contributed by atoms with Crippen LogP contribution in [0.2, 0.25) is 0 Å². The van der Waals surface area contributed by atoms with E-state index in [1.54, 1.807) is 11.3 Å². The van der Waals surface area contributed by atoms with Crippen LogP contribution >= 0.6 is 11.3 Å². The summed E-state index contributed by atoms with van der Waals surface area (Å²) in [6.45, 7) is 2.99. The molecule has 0 bridgehead atoms. The van der Waals surface area contributed by atoms with Crippen molar-refractivity contribution in [3.05, 3.63) is 47.5 Å². The topological polar surface area (TPSA) is 28.2 Å². The second-order valence-corrected chi connectivity index (χ2v) is 5.76. The average Bonchev–Trinajstić information content (AvgIpc) is 3.13. The molecule has 1 saturated heterocycles. The molecule has 102 valence electrons. The van der Waals surface area contributed by atoms with Gasteiger partial charge < -0.3 is 5.32 Å². The van der Waals surface area contributed by atoms with Gasteiger partial charge in [0.2, 0.25) is 0 Å². The molecule has 4 heteroatoms. The molecular weight excluding hydrogens is 266 g/mol. The van der Waals surface area contributed by atoms with E-state index in [1.165, 1.54) is 0 Å². The summed E-state index contributed by atoms with van der Waals surface area (Å²) in [5.74, 6) is 6.47. The number of nitrogens with zero attached hydrogens (tertiary/aromatic N) is 2. The van der Waals surface area contributed by atoms with Crippen molar-refractivity contribution in [1.82, 2.24) is 9.88 Å². The SMILES string of the molecule is C(#Cc1ccccc1)CN1CCC(Nc2nccs2)C1. The van der Waals surface area contributed by atoms with E-state index < -0.39 is 0 Å². The molecule has 1 fully saturated rings. The van der Waals surface area contributed by atoms with E-state index in [0.29, 0.717) is 6.04 Å². The third kappa shape index (κ3) is 3.60. The molecule has 2 heterocycles. The minimum absolute atomic E-state index is 0.500. The number of hydrogen-bond donors (Lipinski definition) is 1. The summed E-state index contributed by atoms with van der Waals surface area (Å²) in [7, 11) is 0. The van der Waals surface area contributed by atoms with Crippen molar-refractivity contribution < 1.29 is 0 Å². The normalized spacial score (nSPS) is 18.5. The van der Waals surface area contributed by atoms with E-state index in [4.69, 9.17) is 0 Å². The largest absolute Gasteiger partial charge is 0.357 e. The number of nitrogens with one attached hydrogen (secondary N) is 1. The number of anilines is 1. The predicted octanol–water partition coefficient (Wildman–Crippen LogP) is 2.68. The van der Waals surface area contributed by atoms with Crippen molar-refractivity contribution in [3.63, 3.8) is 0 Å². The number of hydrogen-bond acceptors (Lipinski definition) is 4. The van der Waals surface area contributed by atoms with Crippen molar-refractivity contribution in [3.8, 4) is 11.8 Å². The molecule has 1 unspecified atom stereocenters. The van der Waals surface area contributed by atoms with Crippen LogP contribution in [0, 0.1) is 11.8 Å². The Bertz CT molecular complexity index is 583. The third-order valence-electron chi connectivity index (χ3n) is 3.34. The lowest BCUT2D eigenvalue weighted by molar-refractivity contribution is 0.380. The number of likely N-dealkylation sites (tertiary alicyclic amines) is 1. The number of rotatable bonds is 3. The zero-order chi connectivity index (χ0) is 13.6. The summed E-state index contributed by atoms with van der Waals surface area (Å²) in [6, 6.07) is 10.6. The van der Waals surface area contributed by atoms with Gasteiger partial charge in [0.1, 0.15) is 0 Å². The fraction of sp³-hybridized carbons (Fsp3) is 0.312. The molecule has 1 aromatic heterocycles. The summed E-state index contributed by atoms with van der Waals surface area (Å²) >= 11 is 1.66. The van der Waals surface area contributed by atoms with Crippen LogP contribution in [-0.4, -0.2) is 35.6 Å². The van der Waals surface area contributed by atoms with Crippen molar-refractivity contribution in [2.75, 3.05) is 25.0 Å². The van der Waals surface area contributed by atoms with Gasteiger partial charge in [0.25, 0.3) is 0 Å². The van der Waals surface area contributed by atoms with Gasteiger partial charge in [-0.1, -0.05) is 30.0 Å². The lowest BCUT2D eigenvalue weighted by Gasteiger charge is -2.13. The molecule has 0 radical (unpaired) electrons. The molecule has 2 aromatic rings. The van der Waals surface area contributed by atoms with E-state index in [-0.39, 0.29) is 0 Å². The Hall–Kier alpha value is -1.83. The minimum Gasteiger partial charge on any atom is -0.357 e. The number of thiazole rings is 1. The molecule has 20 heavy (non-hydrogen) atoms. The second-order valence-electron chi connectivity index (χ2n) is 4.87. The fourth-order valence-corrected chi connectivity index (χ4v) is 2.95. The number of benzene rings is 1.